The maximum Gasteiger partial charge on any atom is 0.409 e. The van der Waals surface area contributed by atoms with Crippen LogP contribution in [0.1, 0.15) is 16.8 Å². The predicted octanol–water partition coefficient (Wildman–Crippen LogP) is 1.64. The van der Waals surface area contributed by atoms with E-state index in [1.165, 1.54) is 5.32 Å². The molecule has 2 N–H and O–H groups in total. The van der Waals surface area contributed by atoms with Crippen LogP contribution in [-0.4, -0.2) is 39.0 Å². The molecule has 24 heavy (non-hydrogen) atoms. The molecule has 1 amide bonds. The first-order valence-electron chi connectivity index (χ1n) is 5.95. The normalized spacial score (nSPS) is 12.3. The van der Waals surface area contributed by atoms with E-state index >= 15 is 0 Å². The van der Waals surface area contributed by atoms with Crippen molar-refractivity contribution in [1.82, 2.24) is 5.32 Å². The van der Waals surface area contributed by atoms with Crippen molar-refractivity contribution in [3.05, 3.63) is 44.0 Å². The first-order valence-corrected chi connectivity index (χ1v) is 5.95. The van der Waals surface area contributed by atoms with Gasteiger partial charge in [0.25, 0.3) is 17.3 Å². The number of carboxylic acid groups (broad SMARTS) is 1. The number of nitrogens with one attached hydrogen (secondary N) is 1. The monoisotopic (exact) mass is 351 g/mol. The van der Waals surface area contributed by atoms with Crippen LogP contribution < -0.4 is 5.32 Å². The van der Waals surface area contributed by atoms with Crippen LogP contribution >= 0.6 is 0 Å². The Morgan fingerprint density at radius 1 is 1.12 bits per heavy atom. The number of carbonyl (C=O) groups excluding carboxylic acids is 1. The molecule has 0 aliphatic rings. The molecule has 0 aliphatic heterocycles. The number of aliphatic carboxylic acids is 1. The molecule has 0 spiro atoms. The molecule has 0 heterocycles. The Bertz CT molecular complexity index is 672. The van der Waals surface area contributed by atoms with Gasteiger partial charge in [-0.25, -0.2) is 0 Å². The zero-order valence-corrected chi connectivity index (χ0v) is 11.4. The van der Waals surface area contributed by atoms with Crippen LogP contribution in [0.5, 0.6) is 0 Å². The average molecular weight is 351 g/mol. The lowest BCUT2D eigenvalue weighted by atomic mass is 10.1. The Morgan fingerprint density at radius 2 is 1.58 bits per heavy atom. The fraction of sp³-hybridized carbons (Fsp3) is 0.273. The molecule has 0 radical (unpaired) electrons. The third-order valence-corrected chi connectivity index (χ3v) is 2.67. The maximum atomic E-state index is 12.7. The number of non-ortho nitro benzene ring substituents is 2. The van der Waals surface area contributed by atoms with Gasteiger partial charge in [-0.05, 0) is 0 Å². The highest BCUT2D eigenvalue weighted by atomic mass is 19.4. The maximum absolute atomic E-state index is 12.7. The lowest BCUT2D eigenvalue weighted by Gasteiger charge is -2.19. The summed E-state index contributed by atoms with van der Waals surface area (Å²) in [6, 6.07) is -1.16. The smallest absolute Gasteiger partial charge is 0.409 e. The van der Waals surface area contributed by atoms with Gasteiger partial charge in [-0.3, -0.25) is 29.8 Å². The molecule has 0 aromatic heterocycles. The van der Waals surface area contributed by atoms with Crippen molar-refractivity contribution in [2.24, 2.45) is 0 Å². The quantitative estimate of drug-likeness (QED) is 0.583. The minimum absolute atomic E-state index is 0.523. The van der Waals surface area contributed by atoms with Crippen LogP contribution in [0.15, 0.2) is 18.2 Å². The van der Waals surface area contributed by atoms with Crippen LogP contribution in [0.4, 0.5) is 24.5 Å². The fourth-order valence-corrected chi connectivity index (χ4v) is 1.60. The Labute approximate surface area is 130 Å². The summed E-state index contributed by atoms with van der Waals surface area (Å²) >= 11 is 0. The molecule has 1 rings (SSSR count). The van der Waals surface area contributed by atoms with Gasteiger partial charge in [0.15, 0.2) is 0 Å². The molecule has 13 heteroatoms. The third kappa shape index (κ3) is 4.89. The largest absolute Gasteiger partial charge is 0.481 e. The van der Waals surface area contributed by atoms with E-state index in [1.807, 2.05) is 0 Å². The SMILES string of the molecule is O=C(O)CC(NC(=O)c1cc([N+](=O)[O-])cc([N+](=O)[O-])c1)C(F)(F)F. The summed E-state index contributed by atoms with van der Waals surface area (Å²) in [5.74, 6) is -3.38. The van der Waals surface area contributed by atoms with Crippen molar-refractivity contribution in [2.75, 3.05) is 0 Å². The second-order valence-corrected chi connectivity index (χ2v) is 4.42. The van der Waals surface area contributed by atoms with Crippen LogP contribution in [0.25, 0.3) is 0 Å². The van der Waals surface area contributed by atoms with Crippen molar-refractivity contribution < 1.29 is 37.7 Å². The molecule has 1 atom stereocenters. The van der Waals surface area contributed by atoms with Gasteiger partial charge in [0, 0.05) is 12.1 Å². The molecular weight excluding hydrogens is 343 g/mol. The standard InChI is InChI=1S/C11H8F3N3O7/c12-11(13,14)8(4-9(18)19)15-10(20)5-1-6(16(21)22)3-7(2-5)17(23)24/h1-3,8H,4H2,(H,15,20)(H,18,19). The Kier molecular flexibility index (Phi) is 5.39. The summed E-state index contributed by atoms with van der Waals surface area (Å²) in [7, 11) is 0. The molecule has 0 aliphatic carbocycles. The Morgan fingerprint density at radius 3 is 1.92 bits per heavy atom. The summed E-state index contributed by atoms with van der Waals surface area (Å²) in [6.07, 6.45) is -6.58. The molecule has 0 saturated heterocycles. The lowest BCUT2D eigenvalue weighted by Crippen LogP contribution is -2.46. The third-order valence-electron chi connectivity index (χ3n) is 2.67. The number of benzene rings is 1. The van der Waals surface area contributed by atoms with Crippen molar-refractivity contribution in [3.63, 3.8) is 0 Å². The van der Waals surface area contributed by atoms with Crippen LogP contribution in [0, 0.1) is 20.2 Å². The molecule has 0 bridgehead atoms. The van der Waals surface area contributed by atoms with Gasteiger partial charge in [-0.1, -0.05) is 0 Å². The van der Waals surface area contributed by atoms with E-state index in [-0.39, 0.29) is 0 Å². The second-order valence-electron chi connectivity index (χ2n) is 4.42. The van der Waals surface area contributed by atoms with Gasteiger partial charge in [0.2, 0.25) is 0 Å². The van der Waals surface area contributed by atoms with Crippen molar-refractivity contribution in [3.8, 4) is 0 Å². The number of hydrogen-bond donors (Lipinski definition) is 2. The summed E-state index contributed by atoms with van der Waals surface area (Å²) in [5, 5.41) is 31.1. The van der Waals surface area contributed by atoms with Crippen LogP contribution in [0.2, 0.25) is 0 Å². The number of carboxylic acids is 1. The number of rotatable bonds is 6. The minimum Gasteiger partial charge on any atom is -0.481 e. The van der Waals surface area contributed by atoms with Gasteiger partial charge < -0.3 is 10.4 Å². The summed E-state index contributed by atoms with van der Waals surface area (Å²) < 4.78 is 38.0. The predicted molar refractivity (Wildman–Crippen MR) is 69.3 cm³/mol. The highest BCUT2D eigenvalue weighted by Crippen LogP contribution is 2.25. The lowest BCUT2D eigenvalue weighted by molar-refractivity contribution is -0.394. The first-order chi connectivity index (χ1) is 10.9. The number of nitro groups is 2. The topological polar surface area (TPSA) is 153 Å². The molecule has 0 fully saturated rings. The van der Waals surface area contributed by atoms with E-state index in [2.05, 4.69) is 0 Å². The molecule has 130 valence electrons. The van der Waals surface area contributed by atoms with Gasteiger partial charge in [0.05, 0.1) is 27.9 Å². The number of alkyl halides is 3. The highest BCUT2D eigenvalue weighted by Gasteiger charge is 2.42. The molecule has 10 nitrogen and oxygen atoms in total. The zero-order valence-electron chi connectivity index (χ0n) is 11.4. The van der Waals surface area contributed by atoms with E-state index in [1.54, 1.807) is 0 Å². The molecule has 1 aromatic carbocycles. The van der Waals surface area contributed by atoms with Crippen molar-refractivity contribution in [2.45, 2.75) is 18.6 Å². The van der Waals surface area contributed by atoms with Gasteiger partial charge in [-0.2, -0.15) is 13.2 Å². The average Bonchev–Trinajstić information content (AvgIpc) is 2.44. The fourth-order valence-electron chi connectivity index (χ4n) is 1.60. The van der Waals surface area contributed by atoms with E-state index in [0.717, 1.165) is 0 Å². The van der Waals surface area contributed by atoms with Crippen molar-refractivity contribution in [1.29, 1.82) is 0 Å². The van der Waals surface area contributed by atoms with E-state index in [4.69, 9.17) is 5.11 Å². The summed E-state index contributed by atoms with van der Waals surface area (Å²) in [4.78, 5) is 41.4. The number of hydrogen-bond acceptors (Lipinski definition) is 6. The molecular formula is C11H8F3N3O7. The molecule has 1 unspecified atom stereocenters. The molecule has 0 saturated carbocycles. The van der Waals surface area contributed by atoms with Gasteiger partial charge in [0.1, 0.15) is 6.04 Å². The number of halogens is 3. The number of nitro benzene ring substituents is 2. The molecule has 1 aromatic rings. The Hall–Kier alpha value is -3.25. The number of carbonyl (C=O) groups is 2. The second kappa shape index (κ2) is 6.89. The zero-order chi connectivity index (χ0) is 18.7. The first kappa shape index (κ1) is 18.8. The van der Waals surface area contributed by atoms with Crippen LogP contribution in [-0.2, 0) is 4.79 Å². The number of nitrogens with zero attached hydrogens (tertiary/aromatic N) is 2. The van der Waals surface area contributed by atoms with Gasteiger partial charge in [-0.15, -0.1) is 0 Å². The van der Waals surface area contributed by atoms with E-state index in [9.17, 15) is 43.0 Å². The van der Waals surface area contributed by atoms with Crippen molar-refractivity contribution >= 4 is 23.3 Å². The van der Waals surface area contributed by atoms with E-state index in [0.29, 0.717) is 18.2 Å². The van der Waals surface area contributed by atoms with Crippen LogP contribution in [0.3, 0.4) is 0 Å². The van der Waals surface area contributed by atoms with E-state index < -0.39 is 57.3 Å². The highest BCUT2D eigenvalue weighted by molar-refractivity contribution is 5.96. The summed E-state index contributed by atoms with van der Waals surface area (Å²) in [5.41, 5.74) is -2.54. The van der Waals surface area contributed by atoms with Gasteiger partial charge >= 0.3 is 12.1 Å². The number of amides is 1. The Balaban J connectivity index is 3.19. The summed E-state index contributed by atoms with van der Waals surface area (Å²) in [6.45, 7) is 0. The minimum atomic E-state index is -5.10.